The molecule has 0 radical (unpaired) electrons. The first kappa shape index (κ1) is 21.8. The van der Waals surface area contributed by atoms with Crippen molar-refractivity contribution in [2.45, 2.75) is 19.1 Å². The van der Waals surface area contributed by atoms with E-state index in [0.717, 1.165) is 5.56 Å². The van der Waals surface area contributed by atoms with Crippen molar-refractivity contribution in [3.8, 4) is 5.75 Å². The summed E-state index contributed by atoms with van der Waals surface area (Å²) in [6.45, 7) is 0.770. The lowest BCUT2D eigenvalue weighted by atomic mass is 10.1. The molecule has 2 aromatic heterocycles. The van der Waals surface area contributed by atoms with E-state index in [0.29, 0.717) is 29.4 Å². The summed E-state index contributed by atoms with van der Waals surface area (Å²) in [6.07, 6.45) is 1.36. The molecule has 1 aliphatic rings. The van der Waals surface area contributed by atoms with Gasteiger partial charge in [-0.25, -0.2) is 4.98 Å². The Kier molecular flexibility index (Phi) is 6.31. The van der Waals surface area contributed by atoms with E-state index in [4.69, 9.17) is 35.9 Å². The number of hydrogen-bond acceptors (Lipinski definition) is 9. The summed E-state index contributed by atoms with van der Waals surface area (Å²) in [6, 6.07) is 5.28. The number of imidazole rings is 1. The van der Waals surface area contributed by atoms with Crippen LogP contribution < -0.4 is 16.0 Å². The van der Waals surface area contributed by atoms with Gasteiger partial charge in [0.05, 0.1) is 37.8 Å². The number of nitrogens with one attached hydrogen (secondary N) is 1. The predicted octanol–water partition coefficient (Wildman–Crippen LogP) is 2.71. The molecule has 3 N–H and O–H groups in total. The van der Waals surface area contributed by atoms with Crippen molar-refractivity contribution < 1.29 is 23.1 Å². The SMILES string of the molecule is COc1ccc(C2CCOP(=O)(COCCn3cnc4c(=O)[nH]c(N)nc43)O2)cc1Cl. The molecule has 2 unspecified atom stereocenters. The topological polar surface area (TPSA) is 144 Å². The lowest BCUT2D eigenvalue weighted by molar-refractivity contribution is 0.0563. The molecule has 11 nitrogen and oxygen atoms in total. The van der Waals surface area contributed by atoms with Gasteiger partial charge in [-0.2, -0.15) is 4.98 Å². The third-order valence-electron chi connectivity index (χ3n) is 4.72. The molecule has 1 fully saturated rings. The highest BCUT2D eigenvalue weighted by Crippen LogP contribution is 2.56. The molecule has 166 valence electrons. The normalized spacial score (nSPS) is 21.4. The van der Waals surface area contributed by atoms with Gasteiger partial charge in [0.25, 0.3) is 5.56 Å². The summed E-state index contributed by atoms with van der Waals surface area (Å²) in [5.74, 6) is 0.549. The third-order valence-corrected chi connectivity index (χ3v) is 6.67. The minimum Gasteiger partial charge on any atom is -0.495 e. The molecule has 0 saturated carbocycles. The van der Waals surface area contributed by atoms with Gasteiger partial charge >= 0.3 is 7.60 Å². The number of hydrogen-bond donors (Lipinski definition) is 2. The Morgan fingerprint density at radius 3 is 3.06 bits per heavy atom. The van der Waals surface area contributed by atoms with E-state index < -0.39 is 19.3 Å². The molecule has 1 saturated heterocycles. The molecule has 0 bridgehead atoms. The van der Waals surface area contributed by atoms with Gasteiger partial charge in [-0.3, -0.25) is 18.9 Å². The summed E-state index contributed by atoms with van der Waals surface area (Å²) >= 11 is 6.18. The van der Waals surface area contributed by atoms with Gasteiger partial charge in [-0.05, 0) is 17.7 Å². The zero-order valence-corrected chi connectivity index (χ0v) is 18.3. The van der Waals surface area contributed by atoms with Crippen LogP contribution in [0.5, 0.6) is 5.75 Å². The summed E-state index contributed by atoms with van der Waals surface area (Å²) in [5, 5.41) is 0.446. The van der Waals surface area contributed by atoms with Crippen molar-refractivity contribution in [2.75, 3.05) is 32.4 Å². The molecule has 1 aromatic carbocycles. The number of anilines is 1. The van der Waals surface area contributed by atoms with Crippen molar-refractivity contribution >= 4 is 36.3 Å². The second-order valence-electron chi connectivity index (χ2n) is 6.82. The van der Waals surface area contributed by atoms with Crippen LogP contribution in [-0.2, 0) is 24.9 Å². The van der Waals surface area contributed by atoms with Gasteiger partial charge in [0.2, 0.25) is 5.95 Å². The Bertz CT molecular complexity index is 1200. The van der Waals surface area contributed by atoms with E-state index in [-0.39, 0.29) is 31.0 Å². The number of aromatic nitrogens is 4. The number of halogens is 1. The Hall–Kier alpha value is -2.43. The first-order valence-electron chi connectivity index (χ1n) is 9.42. The molecule has 4 rings (SSSR count). The number of nitrogens with two attached hydrogens (primary N) is 1. The molecular weight excluding hydrogens is 449 g/mol. The molecule has 2 atom stereocenters. The molecule has 31 heavy (non-hydrogen) atoms. The number of nitrogens with zero attached hydrogens (tertiary/aromatic N) is 3. The monoisotopic (exact) mass is 469 g/mol. The molecule has 0 amide bonds. The molecule has 0 aliphatic carbocycles. The van der Waals surface area contributed by atoms with Crippen LogP contribution >= 0.6 is 19.2 Å². The van der Waals surface area contributed by atoms with Crippen LogP contribution in [0.3, 0.4) is 0 Å². The zero-order chi connectivity index (χ0) is 22.0. The minimum atomic E-state index is -3.45. The van der Waals surface area contributed by atoms with Gasteiger partial charge in [0, 0.05) is 13.0 Å². The molecular formula is C18H21ClN5O6P. The maximum atomic E-state index is 13.0. The minimum absolute atomic E-state index is 0.00159. The number of benzene rings is 1. The van der Waals surface area contributed by atoms with Crippen LogP contribution in [0.2, 0.25) is 5.02 Å². The van der Waals surface area contributed by atoms with E-state index in [1.54, 1.807) is 16.7 Å². The number of methoxy groups -OCH3 is 1. The van der Waals surface area contributed by atoms with Crippen LogP contribution in [0.25, 0.3) is 11.2 Å². The average Bonchev–Trinajstić information content (AvgIpc) is 3.14. The number of nitrogen functional groups attached to an aromatic ring is 1. The Morgan fingerprint density at radius 1 is 1.45 bits per heavy atom. The predicted molar refractivity (Wildman–Crippen MR) is 113 cm³/mol. The lowest BCUT2D eigenvalue weighted by Crippen LogP contribution is -2.17. The molecule has 1 aliphatic heterocycles. The largest absolute Gasteiger partial charge is 0.495 e. The van der Waals surface area contributed by atoms with Crippen molar-refractivity contribution in [3.63, 3.8) is 0 Å². The molecule has 0 spiro atoms. The van der Waals surface area contributed by atoms with E-state index in [9.17, 15) is 9.36 Å². The zero-order valence-electron chi connectivity index (χ0n) is 16.6. The fourth-order valence-electron chi connectivity index (χ4n) is 3.23. The van der Waals surface area contributed by atoms with Crippen molar-refractivity contribution in [1.82, 2.24) is 19.5 Å². The molecule has 3 aromatic rings. The van der Waals surface area contributed by atoms with Gasteiger partial charge in [-0.1, -0.05) is 17.7 Å². The average molecular weight is 470 g/mol. The summed E-state index contributed by atoms with van der Waals surface area (Å²) in [4.78, 5) is 22.3. The highest BCUT2D eigenvalue weighted by atomic mass is 35.5. The molecule has 3 heterocycles. The number of H-pyrrole nitrogens is 1. The second kappa shape index (κ2) is 8.97. The standard InChI is InChI=1S/C18H21ClN5O6P/c1-27-14-3-2-11(8-12(14)19)13-4-6-29-31(26,30-13)10-28-7-5-24-9-21-15-16(24)22-18(20)23-17(15)25/h2-3,8-9,13H,4-7,10H2,1H3,(H3,20,22,23,25). The first-order valence-corrected chi connectivity index (χ1v) is 11.5. The number of aromatic amines is 1. The smallest absolute Gasteiger partial charge is 0.356 e. The van der Waals surface area contributed by atoms with Gasteiger partial charge < -0.3 is 24.3 Å². The number of ether oxygens (including phenoxy) is 2. The lowest BCUT2D eigenvalue weighted by Gasteiger charge is -2.30. The summed E-state index contributed by atoms with van der Waals surface area (Å²) < 4.78 is 36.4. The maximum absolute atomic E-state index is 13.0. The third kappa shape index (κ3) is 4.76. The van der Waals surface area contributed by atoms with E-state index in [1.807, 2.05) is 6.07 Å². The number of rotatable bonds is 7. The van der Waals surface area contributed by atoms with E-state index in [2.05, 4.69) is 15.0 Å². The van der Waals surface area contributed by atoms with Crippen molar-refractivity contribution in [2.24, 2.45) is 0 Å². The fourth-order valence-corrected chi connectivity index (χ4v) is 5.04. The van der Waals surface area contributed by atoms with E-state index in [1.165, 1.54) is 13.4 Å². The van der Waals surface area contributed by atoms with Crippen molar-refractivity contribution in [3.05, 3.63) is 45.5 Å². The fraction of sp³-hybridized carbons (Fsp3) is 0.389. The van der Waals surface area contributed by atoms with Crippen LogP contribution in [0.1, 0.15) is 18.1 Å². The van der Waals surface area contributed by atoms with Crippen LogP contribution in [-0.4, -0.2) is 46.2 Å². The van der Waals surface area contributed by atoms with E-state index >= 15 is 0 Å². The Balaban J connectivity index is 1.36. The van der Waals surface area contributed by atoms with Crippen LogP contribution in [0, 0.1) is 0 Å². The van der Waals surface area contributed by atoms with Crippen LogP contribution in [0.4, 0.5) is 5.95 Å². The Labute approximate surface area is 182 Å². The number of fused-ring (bicyclic) bond motifs is 1. The van der Waals surface area contributed by atoms with Gasteiger partial charge in [-0.15, -0.1) is 0 Å². The van der Waals surface area contributed by atoms with Gasteiger partial charge in [0.15, 0.2) is 11.2 Å². The maximum Gasteiger partial charge on any atom is 0.356 e. The highest BCUT2D eigenvalue weighted by molar-refractivity contribution is 7.53. The van der Waals surface area contributed by atoms with Gasteiger partial charge in [0.1, 0.15) is 12.1 Å². The molecule has 13 heteroatoms. The highest BCUT2D eigenvalue weighted by Gasteiger charge is 2.34. The quantitative estimate of drug-likeness (QED) is 0.394. The van der Waals surface area contributed by atoms with Crippen LogP contribution in [0.15, 0.2) is 29.3 Å². The summed E-state index contributed by atoms with van der Waals surface area (Å²) in [7, 11) is -1.92. The second-order valence-corrected chi connectivity index (χ2v) is 9.18. The summed E-state index contributed by atoms with van der Waals surface area (Å²) in [5.41, 5.74) is 6.48. The first-order chi connectivity index (χ1) is 14.9. The van der Waals surface area contributed by atoms with Crippen molar-refractivity contribution in [1.29, 1.82) is 0 Å². The Morgan fingerprint density at radius 2 is 2.29 bits per heavy atom.